The van der Waals surface area contributed by atoms with Crippen LogP contribution >= 0.6 is 0 Å². The van der Waals surface area contributed by atoms with E-state index in [1.54, 1.807) is 4.90 Å². The number of alkyl halides is 3. The molecule has 0 aromatic heterocycles. The summed E-state index contributed by atoms with van der Waals surface area (Å²) in [5.41, 5.74) is -0.462. The third-order valence-corrected chi connectivity index (χ3v) is 4.74. The highest BCUT2D eigenvalue weighted by atomic mass is 19.4. The number of nitrogens with one attached hydrogen (secondary N) is 1. The molecule has 5 nitrogen and oxygen atoms in total. The molecule has 2 unspecified atom stereocenters. The minimum Gasteiger partial charge on any atom is -0.340 e. The van der Waals surface area contributed by atoms with Crippen molar-refractivity contribution in [3.05, 3.63) is 29.8 Å². The van der Waals surface area contributed by atoms with Gasteiger partial charge in [-0.25, -0.2) is 0 Å². The highest BCUT2D eigenvalue weighted by Crippen LogP contribution is 2.41. The number of carbonyl (C=O) groups is 2. The average Bonchev–Trinajstić information content (AvgIpc) is 3.35. The highest BCUT2D eigenvalue weighted by molar-refractivity contribution is 5.99. The predicted octanol–water partition coefficient (Wildman–Crippen LogP) is 2.05. The lowest BCUT2D eigenvalue weighted by molar-refractivity contribution is -0.137. The summed E-state index contributed by atoms with van der Waals surface area (Å²) in [5.74, 6) is -1.01. The van der Waals surface area contributed by atoms with E-state index in [9.17, 15) is 22.8 Å². The summed E-state index contributed by atoms with van der Waals surface area (Å²) in [6.45, 7) is 2.97. The molecule has 8 heteroatoms. The fraction of sp³-hybridized carbons (Fsp3) is 0.529. The summed E-state index contributed by atoms with van der Waals surface area (Å²) < 4.78 is 37.6. The number of benzene rings is 1. The Morgan fingerprint density at radius 3 is 2.20 bits per heavy atom. The van der Waals surface area contributed by atoms with E-state index >= 15 is 0 Å². The first kappa shape index (κ1) is 17.7. The molecule has 3 rings (SSSR count). The molecule has 1 saturated carbocycles. The monoisotopic (exact) mass is 355 g/mol. The molecule has 0 radical (unpaired) electrons. The van der Waals surface area contributed by atoms with Crippen LogP contribution in [0.1, 0.15) is 12.0 Å². The number of nitrogens with zero attached hydrogens (tertiary/aromatic N) is 2. The van der Waals surface area contributed by atoms with Gasteiger partial charge in [0, 0.05) is 31.9 Å². The zero-order chi connectivity index (χ0) is 18.2. The molecule has 1 aliphatic heterocycles. The second-order valence-electron chi connectivity index (χ2n) is 6.64. The molecule has 25 heavy (non-hydrogen) atoms. The topological polar surface area (TPSA) is 52.7 Å². The predicted molar refractivity (Wildman–Crippen MR) is 85.7 cm³/mol. The van der Waals surface area contributed by atoms with Crippen LogP contribution in [0.5, 0.6) is 0 Å². The fourth-order valence-electron chi connectivity index (χ4n) is 3.00. The molecule has 1 aliphatic carbocycles. The normalized spacial score (nSPS) is 24.1. The summed E-state index contributed by atoms with van der Waals surface area (Å²) in [6, 6.07) is 4.30. The molecular weight excluding hydrogens is 335 g/mol. The number of likely N-dealkylation sites (N-methyl/N-ethyl adjacent to an activating group) is 1. The van der Waals surface area contributed by atoms with E-state index in [0.29, 0.717) is 25.2 Å². The van der Waals surface area contributed by atoms with Crippen molar-refractivity contribution in [2.45, 2.75) is 12.6 Å². The third-order valence-electron chi connectivity index (χ3n) is 4.74. The number of carbonyl (C=O) groups excluding carboxylic acids is 2. The molecule has 2 amide bonds. The van der Waals surface area contributed by atoms with Gasteiger partial charge < -0.3 is 15.1 Å². The SMILES string of the molecule is CN1CCN(C(=O)C2CC2C(=O)Nc2ccc(C(F)(F)F)cc2)CC1. The maximum absolute atomic E-state index is 12.5. The number of halogens is 3. The van der Waals surface area contributed by atoms with Gasteiger partial charge in [-0.15, -0.1) is 0 Å². The van der Waals surface area contributed by atoms with Crippen LogP contribution in [0.25, 0.3) is 0 Å². The lowest BCUT2D eigenvalue weighted by Gasteiger charge is -2.32. The lowest BCUT2D eigenvalue weighted by Crippen LogP contribution is -2.48. The van der Waals surface area contributed by atoms with E-state index in [-0.39, 0.29) is 17.7 Å². The summed E-state index contributed by atoms with van der Waals surface area (Å²) in [6.07, 6.45) is -3.91. The van der Waals surface area contributed by atoms with E-state index in [1.165, 1.54) is 12.1 Å². The molecule has 1 aromatic carbocycles. The van der Waals surface area contributed by atoms with E-state index < -0.39 is 17.7 Å². The number of piperazine rings is 1. The van der Waals surface area contributed by atoms with Gasteiger partial charge in [0.25, 0.3) is 0 Å². The van der Waals surface area contributed by atoms with Crippen molar-refractivity contribution < 1.29 is 22.8 Å². The number of hydrogen-bond donors (Lipinski definition) is 1. The van der Waals surface area contributed by atoms with Crippen molar-refractivity contribution in [1.29, 1.82) is 0 Å². The molecule has 2 fully saturated rings. The van der Waals surface area contributed by atoms with Gasteiger partial charge in [-0.3, -0.25) is 9.59 Å². The smallest absolute Gasteiger partial charge is 0.340 e. The Balaban J connectivity index is 1.52. The first-order valence-electron chi connectivity index (χ1n) is 8.21. The Bertz CT molecular complexity index is 652. The molecular formula is C17H20F3N3O2. The van der Waals surface area contributed by atoms with Crippen molar-refractivity contribution in [3.8, 4) is 0 Å². The molecule has 1 heterocycles. The molecule has 0 spiro atoms. The van der Waals surface area contributed by atoms with E-state index in [2.05, 4.69) is 10.2 Å². The Labute approximate surface area is 143 Å². The molecule has 2 atom stereocenters. The van der Waals surface area contributed by atoms with Crippen LogP contribution in [-0.2, 0) is 15.8 Å². The molecule has 2 aliphatic rings. The highest BCUT2D eigenvalue weighted by Gasteiger charge is 2.49. The lowest BCUT2D eigenvalue weighted by atomic mass is 10.2. The van der Waals surface area contributed by atoms with Crippen LogP contribution in [0.4, 0.5) is 18.9 Å². The van der Waals surface area contributed by atoms with Crippen LogP contribution in [0, 0.1) is 11.8 Å². The quantitative estimate of drug-likeness (QED) is 0.903. The van der Waals surface area contributed by atoms with Gasteiger partial charge in [0.1, 0.15) is 0 Å². The van der Waals surface area contributed by atoms with Crippen LogP contribution in [0.3, 0.4) is 0 Å². The van der Waals surface area contributed by atoms with Gasteiger partial charge in [0.05, 0.1) is 17.4 Å². The summed E-state index contributed by atoms with van der Waals surface area (Å²) in [5, 5.41) is 2.59. The maximum Gasteiger partial charge on any atom is 0.416 e. The molecule has 0 bridgehead atoms. The van der Waals surface area contributed by atoms with E-state index in [0.717, 1.165) is 25.2 Å². The molecule has 136 valence electrons. The number of rotatable bonds is 3. The van der Waals surface area contributed by atoms with Crippen molar-refractivity contribution >= 4 is 17.5 Å². The second kappa shape index (κ2) is 6.67. The third kappa shape index (κ3) is 4.12. The molecule has 1 aromatic rings. The Kier molecular flexibility index (Phi) is 4.73. The Hall–Kier alpha value is -2.09. The Morgan fingerprint density at radius 2 is 1.64 bits per heavy atom. The van der Waals surface area contributed by atoms with Crippen LogP contribution in [0.2, 0.25) is 0 Å². The molecule has 1 N–H and O–H groups in total. The zero-order valence-electron chi connectivity index (χ0n) is 13.8. The van der Waals surface area contributed by atoms with Gasteiger partial charge in [0.2, 0.25) is 11.8 Å². The van der Waals surface area contributed by atoms with Crippen LogP contribution < -0.4 is 5.32 Å². The van der Waals surface area contributed by atoms with Gasteiger partial charge in [0.15, 0.2) is 0 Å². The number of anilines is 1. The minimum atomic E-state index is -4.40. The minimum absolute atomic E-state index is 0.000620. The number of amides is 2. The largest absolute Gasteiger partial charge is 0.416 e. The van der Waals surface area contributed by atoms with Gasteiger partial charge in [-0.05, 0) is 37.7 Å². The Morgan fingerprint density at radius 1 is 1.04 bits per heavy atom. The van der Waals surface area contributed by atoms with Crippen LogP contribution in [0.15, 0.2) is 24.3 Å². The molecule has 1 saturated heterocycles. The zero-order valence-corrected chi connectivity index (χ0v) is 13.8. The average molecular weight is 355 g/mol. The van der Waals surface area contributed by atoms with Crippen molar-refractivity contribution in [2.75, 3.05) is 38.5 Å². The standard InChI is InChI=1S/C17H20F3N3O2/c1-22-6-8-23(9-7-22)16(25)14-10-13(14)15(24)21-12-4-2-11(3-5-12)17(18,19)20/h2-5,13-14H,6-10H2,1H3,(H,21,24). The van der Waals surface area contributed by atoms with Gasteiger partial charge in [-0.2, -0.15) is 13.2 Å². The second-order valence-corrected chi connectivity index (χ2v) is 6.64. The van der Waals surface area contributed by atoms with Crippen LogP contribution in [-0.4, -0.2) is 54.8 Å². The summed E-state index contributed by atoms with van der Waals surface area (Å²) in [7, 11) is 2.00. The fourth-order valence-corrected chi connectivity index (χ4v) is 3.00. The van der Waals surface area contributed by atoms with E-state index in [4.69, 9.17) is 0 Å². The summed E-state index contributed by atoms with van der Waals surface area (Å²) in [4.78, 5) is 28.5. The first-order chi connectivity index (χ1) is 11.8. The van der Waals surface area contributed by atoms with Gasteiger partial charge in [-0.1, -0.05) is 0 Å². The first-order valence-corrected chi connectivity index (χ1v) is 8.21. The van der Waals surface area contributed by atoms with Gasteiger partial charge >= 0.3 is 6.18 Å². The van der Waals surface area contributed by atoms with Crippen molar-refractivity contribution in [1.82, 2.24) is 9.80 Å². The van der Waals surface area contributed by atoms with E-state index in [1.807, 2.05) is 7.05 Å². The van der Waals surface area contributed by atoms with Crippen molar-refractivity contribution in [2.24, 2.45) is 11.8 Å². The van der Waals surface area contributed by atoms with Crippen molar-refractivity contribution in [3.63, 3.8) is 0 Å². The maximum atomic E-state index is 12.5. The summed E-state index contributed by atoms with van der Waals surface area (Å²) >= 11 is 0. The number of hydrogen-bond acceptors (Lipinski definition) is 3.